The van der Waals surface area contributed by atoms with Crippen molar-refractivity contribution in [2.75, 3.05) is 26.4 Å². The molecule has 0 fully saturated rings. The molecule has 2 aromatic carbocycles. The first-order chi connectivity index (χ1) is 12.6. The predicted molar refractivity (Wildman–Crippen MR) is 100 cm³/mol. The highest BCUT2D eigenvalue weighted by molar-refractivity contribution is 5.97. The van der Waals surface area contributed by atoms with Crippen LogP contribution in [0, 0.1) is 5.92 Å². The Balaban J connectivity index is 1.51. The van der Waals surface area contributed by atoms with Gasteiger partial charge in [-0.2, -0.15) is 0 Å². The Morgan fingerprint density at radius 2 is 1.88 bits per heavy atom. The molecule has 0 aromatic heterocycles. The molecule has 5 heteroatoms. The molecule has 1 amide bonds. The number of fused-ring (bicyclic) bond motifs is 1. The number of nitrogens with one attached hydrogen (secondary N) is 1. The van der Waals surface area contributed by atoms with Gasteiger partial charge in [0.2, 0.25) is 0 Å². The van der Waals surface area contributed by atoms with Crippen molar-refractivity contribution in [2.24, 2.45) is 5.92 Å². The topological polar surface area (TPSA) is 56.8 Å². The summed E-state index contributed by atoms with van der Waals surface area (Å²) in [5.74, 6) is 2.38. The number of hydrogen-bond donors (Lipinski definition) is 1. The summed E-state index contributed by atoms with van der Waals surface area (Å²) in [6.07, 6.45) is 0.753. The zero-order chi connectivity index (χ0) is 18.4. The molecule has 0 saturated carbocycles. The zero-order valence-corrected chi connectivity index (χ0v) is 15.3. The van der Waals surface area contributed by atoms with Crippen molar-refractivity contribution in [1.29, 1.82) is 0 Å². The molecule has 0 atom stereocenters. The van der Waals surface area contributed by atoms with E-state index in [2.05, 4.69) is 19.2 Å². The van der Waals surface area contributed by atoms with Gasteiger partial charge in [-0.25, -0.2) is 0 Å². The summed E-state index contributed by atoms with van der Waals surface area (Å²) >= 11 is 0. The first-order valence-electron chi connectivity index (χ1n) is 9.02. The number of hydrogen-bond acceptors (Lipinski definition) is 4. The molecule has 138 valence electrons. The summed E-state index contributed by atoms with van der Waals surface area (Å²) in [5.41, 5.74) is 1.66. The Labute approximate surface area is 154 Å². The Kier molecular flexibility index (Phi) is 6.00. The Morgan fingerprint density at radius 1 is 1.12 bits per heavy atom. The number of carbonyl (C=O) groups excluding carboxylic acids is 1. The van der Waals surface area contributed by atoms with Gasteiger partial charge in [-0.15, -0.1) is 0 Å². The number of para-hydroxylation sites is 1. The largest absolute Gasteiger partial charge is 0.493 e. The van der Waals surface area contributed by atoms with Crippen LogP contribution in [0.25, 0.3) is 0 Å². The highest BCUT2D eigenvalue weighted by atomic mass is 16.6. The van der Waals surface area contributed by atoms with Crippen LogP contribution in [0.3, 0.4) is 0 Å². The standard InChI is InChI=1S/C21H25NO4/c1-15(2)14-26-17-8-6-16(7-9-17)10-11-22-21(23)18-4-3-5-19-20(18)25-13-12-24-19/h3-9,15H,10-14H2,1-2H3,(H,22,23). The summed E-state index contributed by atoms with van der Waals surface area (Å²) in [5, 5.41) is 2.95. The van der Waals surface area contributed by atoms with Crippen LogP contribution in [0.1, 0.15) is 29.8 Å². The number of rotatable bonds is 7. The van der Waals surface area contributed by atoms with Gasteiger partial charge in [0, 0.05) is 6.54 Å². The third kappa shape index (κ3) is 4.69. The maximum absolute atomic E-state index is 12.4. The summed E-state index contributed by atoms with van der Waals surface area (Å²) in [6.45, 7) is 6.48. The third-order valence-corrected chi connectivity index (χ3v) is 4.02. The lowest BCUT2D eigenvalue weighted by Gasteiger charge is -2.20. The van der Waals surface area contributed by atoms with Crippen LogP contribution in [-0.4, -0.2) is 32.3 Å². The van der Waals surface area contributed by atoms with Crippen LogP contribution in [0.4, 0.5) is 0 Å². The van der Waals surface area contributed by atoms with Crippen LogP contribution in [0.2, 0.25) is 0 Å². The van der Waals surface area contributed by atoms with Crippen molar-refractivity contribution >= 4 is 5.91 Å². The van der Waals surface area contributed by atoms with Crippen LogP contribution in [0.15, 0.2) is 42.5 Å². The number of carbonyl (C=O) groups is 1. The molecular weight excluding hydrogens is 330 g/mol. The zero-order valence-electron chi connectivity index (χ0n) is 15.3. The summed E-state index contributed by atoms with van der Waals surface area (Å²) in [6, 6.07) is 13.4. The van der Waals surface area contributed by atoms with Crippen molar-refractivity contribution in [2.45, 2.75) is 20.3 Å². The van der Waals surface area contributed by atoms with Crippen LogP contribution in [0.5, 0.6) is 17.2 Å². The van der Waals surface area contributed by atoms with E-state index in [1.54, 1.807) is 12.1 Å². The van der Waals surface area contributed by atoms with Gasteiger partial charge >= 0.3 is 0 Å². The molecule has 0 aliphatic carbocycles. The van der Waals surface area contributed by atoms with Crippen molar-refractivity contribution in [3.8, 4) is 17.2 Å². The second kappa shape index (κ2) is 8.61. The Hall–Kier alpha value is -2.69. The monoisotopic (exact) mass is 355 g/mol. The SMILES string of the molecule is CC(C)COc1ccc(CCNC(=O)c2cccc3c2OCCO3)cc1. The van der Waals surface area contributed by atoms with Gasteiger partial charge in [-0.05, 0) is 42.2 Å². The summed E-state index contributed by atoms with van der Waals surface area (Å²) in [4.78, 5) is 12.4. The minimum absolute atomic E-state index is 0.149. The fraction of sp³-hybridized carbons (Fsp3) is 0.381. The van der Waals surface area contributed by atoms with Gasteiger partial charge in [0.1, 0.15) is 19.0 Å². The molecule has 1 N–H and O–H groups in total. The van der Waals surface area contributed by atoms with E-state index < -0.39 is 0 Å². The molecule has 1 heterocycles. The minimum atomic E-state index is -0.149. The molecule has 0 unspecified atom stereocenters. The van der Waals surface area contributed by atoms with Gasteiger partial charge in [-0.3, -0.25) is 4.79 Å². The Morgan fingerprint density at radius 3 is 2.65 bits per heavy atom. The van der Waals surface area contributed by atoms with E-state index in [1.165, 1.54) is 0 Å². The molecule has 0 spiro atoms. The van der Waals surface area contributed by atoms with E-state index in [9.17, 15) is 4.79 Å². The maximum Gasteiger partial charge on any atom is 0.255 e. The van der Waals surface area contributed by atoms with E-state index in [4.69, 9.17) is 14.2 Å². The fourth-order valence-corrected chi connectivity index (χ4v) is 2.68. The minimum Gasteiger partial charge on any atom is -0.493 e. The summed E-state index contributed by atoms with van der Waals surface area (Å²) < 4.78 is 16.8. The van der Waals surface area contributed by atoms with Gasteiger partial charge in [0.05, 0.1) is 12.2 Å². The van der Waals surface area contributed by atoms with Crippen LogP contribution in [-0.2, 0) is 6.42 Å². The van der Waals surface area contributed by atoms with Crippen LogP contribution >= 0.6 is 0 Å². The lowest BCUT2D eigenvalue weighted by atomic mass is 10.1. The predicted octanol–water partition coefficient (Wildman–Crippen LogP) is 3.47. The normalized spacial score (nSPS) is 12.7. The first-order valence-corrected chi connectivity index (χ1v) is 9.02. The van der Waals surface area contributed by atoms with Gasteiger partial charge in [0.15, 0.2) is 11.5 Å². The molecule has 1 aliphatic rings. The first kappa shape index (κ1) is 18.1. The highest BCUT2D eigenvalue weighted by Crippen LogP contribution is 2.33. The molecule has 1 aliphatic heterocycles. The van der Waals surface area contributed by atoms with Crippen molar-refractivity contribution in [1.82, 2.24) is 5.32 Å². The molecule has 0 radical (unpaired) electrons. The fourth-order valence-electron chi connectivity index (χ4n) is 2.68. The molecule has 3 rings (SSSR count). The van der Waals surface area contributed by atoms with E-state index in [0.717, 1.165) is 17.7 Å². The lowest BCUT2D eigenvalue weighted by molar-refractivity contribution is 0.0943. The van der Waals surface area contributed by atoms with Crippen LogP contribution < -0.4 is 19.5 Å². The van der Waals surface area contributed by atoms with E-state index in [1.807, 2.05) is 30.3 Å². The number of benzene rings is 2. The smallest absolute Gasteiger partial charge is 0.255 e. The average molecular weight is 355 g/mol. The number of ether oxygens (including phenoxy) is 3. The molecule has 5 nitrogen and oxygen atoms in total. The van der Waals surface area contributed by atoms with Crippen molar-refractivity contribution < 1.29 is 19.0 Å². The van der Waals surface area contributed by atoms with E-state index in [-0.39, 0.29) is 5.91 Å². The van der Waals surface area contributed by atoms with Crippen molar-refractivity contribution in [3.63, 3.8) is 0 Å². The van der Waals surface area contributed by atoms with Gasteiger partial charge in [-0.1, -0.05) is 32.0 Å². The molecule has 0 saturated heterocycles. The molecular formula is C21H25NO4. The van der Waals surface area contributed by atoms with Crippen molar-refractivity contribution in [3.05, 3.63) is 53.6 Å². The average Bonchev–Trinajstić information content (AvgIpc) is 2.66. The quantitative estimate of drug-likeness (QED) is 0.826. The molecule has 2 aromatic rings. The lowest BCUT2D eigenvalue weighted by Crippen LogP contribution is -2.27. The van der Waals surface area contributed by atoms with Gasteiger partial charge in [0.25, 0.3) is 5.91 Å². The number of amides is 1. The second-order valence-corrected chi connectivity index (χ2v) is 6.68. The second-order valence-electron chi connectivity index (χ2n) is 6.68. The molecule has 0 bridgehead atoms. The van der Waals surface area contributed by atoms with E-state index in [0.29, 0.717) is 49.3 Å². The third-order valence-electron chi connectivity index (χ3n) is 4.02. The Bertz CT molecular complexity index is 740. The van der Waals surface area contributed by atoms with Gasteiger partial charge < -0.3 is 19.5 Å². The molecule has 26 heavy (non-hydrogen) atoms. The summed E-state index contributed by atoms with van der Waals surface area (Å²) in [7, 11) is 0. The van der Waals surface area contributed by atoms with E-state index >= 15 is 0 Å². The highest BCUT2D eigenvalue weighted by Gasteiger charge is 2.19. The maximum atomic E-state index is 12.4.